The molecule has 0 amide bonds. The topological polar surface area (TPSA) is 38.0 Å². The first kappa shape index (κ1) is 10.1. The molecule has 0 saturated heterocycles. The van der Waals surface area contributed by atoms with E-state index in [-0.39, 0.29) is 0 Å². The first-order chi connectivity index (χ1) is 6.81. The van der Waals surface area contributed by atoms with Crippen LogP contribution in [0.15, 0.2) is 16.8 Å². The first-order valence-corrected chi connectivity index (χ1v) is 6.23. The van der Waals surface area contributed by atoms with Gasteiger partial charge in [0.05, 0.1) is 0 Å². The van der Waals surface area contributed by atoms with Crippen molar-refractivity contribution in [3.05, 3.63) is 22.4 Å². The smallest absolute Gasteiger partial charge is 0.0496 e. The Hall–Kier alpha value is -0.380. The Kier molecular flexibility index (Phi) is 3.21. The summed E-state index contributed by atoms with van der Waals surface area (Å²) in [6.07, 6.45) is 3.98. The Morgan fingerprint density at radius 1 is 1.57 bits per heavy atom. The van der Waals surface area contributed by atoms with E-state index in [0.29, 0.717) is 6.04 Å². The SMILES string of the molecule is CC1CCC(C(NN)c2ccsc2)C1. The molecule has 1 aromatic heterocycles. The third kappa shape index (κ3) is 2.00. The fourth-order valence-electron chi connectivity index (χ4n) is 2.51. The van der Waals surface area contributed by atoms with Gasteiger partial charge in [-0.1, -0.05) is 13.3 Å². The largest absolute Gasteiger partial charge is 0.271 e. The van der Waals surface area contributed by atoms with E-state index in [9.17, 15) is 0 Å². The minimum absolute atomic E-state index is 0.367. The van der Waals surface area contributed by atoms with Gasteiger partial charge in [-0.05, 0) is 47.1 Å². The molecule has 78 valence electrons. The number of nitrogens with one attached hydrogen (secondary N) is 1. The van der Waals surface area contributed by atoms with Crippen molar-refractivity contribution in [2.24, 2.45) is 17.7 Å². The Morgan fingerprint density at radius 2 is 2.43 bits per heavy atom. The van der Waals surface area contributed by atoms with Gasteiger partial charge < -0.3 is 0 Å². The van der Waals surface area contributed by atoms with Gasteiger partial charge in [0.25, 0.3) is 0 Å². The zero-order valence-electron chi connectivity index (χ0n) is 8.57. The lowest BCUT2D eigenvalue weighted by atomic mass is 9.93. The number of nitrogens with two attached hydrogens (primary N) is 1. The van der Waals surface area contributed by atoms with Gasteiger partial charge in [0.1, 0.15) is 0 Å². The van der Waals surface area contributed by atoms with Crippen LogP contribution in [0.25, 0.3) is 0 Å². The molecule has 0 aromatic carbocycles. The first-order valence-electron chi connectivity index (χ1n) is 5.29. The molecule has 14 heavy (non-hydrogen) atoms. The Balaban J connectivity index is 2.07. The second-order valence-electron chi connectivity index (χ2n) is 4.38. The van der Waals surface area contributed by atoms with Crippen molar-refractivity contribution < 1.29 is 0 Å². The lowest BCUT2D eigenvalue weighted by Crippen LogP contribution is -2.32. The summed E-state index contributed by atoms with van der Waals surface area (Å²) in [5.74, 6) is 7.24. The van der Waals surface area contributed by atoms with Crippen molar-refractivity contribution >= 4 is 11.3 Å². The molecule has 3 N–H and O–H groups in total. The van der Waals surface area contributed by atoms with Crippen molar-refractivity contribution in [1.82, 2.24) is 5.43 Å². The van der Waals surface area contributed by atoms with Gasteiger partial charge in [-0.15, -0.1) is 0 Å². The van der Waals surface area contributed by atoms with E-state index in [4.69, 9.17) is 5.84 Å². The summed E-state index contributed by atoms with van der Waals surface area (Å²) in [4.78, 5) is 0. The molecule has 2 rings (SSSR count). The van der Waals surface area contributed by atoms with Crippen LogP contribution in [0, 0.1) is 11.8 Å². The fraction of sp³-hybridized carbons (Fsp3) is 0.636. The van der Waals surface area contributed by atoms with Crippen LogP contribution < -0.4 is 11.3 Å². The average Bonchev–Trinajstić information content (AvgIpc) is 2.79. The monoisotopic (exact) mass is 210 g/mol. The van der Waals surface area contributed by atoms with Crippen molar-refractivity contribution in [3.63, 3.8) is 0 Å². The van der Waals surface area contributed by atoms with E-state index in [2.05, 4.69) is 29.2 Å². The summed E-state index contributed by atoms with van der Waals surface area (Å²) in [6.45, 7) is 2.33. The Labute approximate surface area is 89.5 Å². The fourth-order valence-corrected chi connectivity index (χ4v) is 3.21. The summed E-state index contributed by atoms with van der Waals surface area (Å²) < 4.78 is 0. The summed E-state index contributed by atoms with van der Waals surface area (Å²) in [6, 6.07) is 2.55. The maximum absolute atomic E-state index is 5.64. The number of rotatable bonds is 3. The third-order valence-electron chi connectivity index (χ3n) is 3.29. The normalized spacial score (nSPS) is 29.3. The molecule has 3 heteroatoms. The van der Waals surface area contributed by atoms with E-state index in [0.717, 1.165) is 11.8 Å². The lowest BCUT2D eigenvalue weighted by molar-refractivity contribution is 0.365. The van der Waals surface area contributed by atoms with Crippen LogP contribution in [0.2, 0.25) is 0 Å². The van der Waals surface area contributed by atoms with Gasteiger partial charge in [0.2, 0.25) is 0 Å². The maximum atomic E-state index is 5.64. The van der Waals surface area contributed by atoms with Crippen molar-refractivity contribution in [2.45, 2.75) is 32.2 Å². The van der Waals surface area contributed by atoms with Gasteiger partial charge in [0, 0.05) is 6.04 Å². The summed E-state index contributed by atoms with van der Waals surface area (Å²) >= 11 is 1.75. The van der Waals surface area contributed by atoms with E-state index in [1.54, 1.807) is 11.3 Å². The van der Waals surface area contributed by atoms with Crippen LogP contribution in [0.4, 0.5) is 0 Å². The highest BCUT2D eigenvalue weighted by Crippen LogP contribution is 2.38. The average molecular weight is 210 g/mol. The van der Waals surface area contributed by atoms with Gasteiger partial charge in [-0.2, -0.15) is 11.3 Å². The minimum Gasteiger partial charge on any atom is -0.271 e. The molecule has 0 radical (unpaired) electrons. The van der Waals surface area contributed by atoms with Crippen molar-refractivity contribution in [3.8, 4) is 0 Å². The molecule has 1 aromatic rings. The molecule has 1 heterocycles. The molecule has 0 bridgehead atoms. The van der Waals surface area contributed by atoms with Crippen LogP contribution >= 0.6 is 11.3 Å². The van der Waals surface area contributed by atoms with Crippen LogP contribution in [-0.2, 0) is 0 Å². The second-order valence-corrected chi connectivity index (χ2v) is 5.16. The van der Waals surface area contributed by atoms with E-state index >= 15 is 0 Å². The second kappa shape index (κ2) is 4.43. The molecule has 0 aliphatic heterocycles. The van der Waals surface area contributed by atoms with Gasteiger partial charge in [-0.25, -0.2) is 0 Å². The van der Waals surface area contributed by atoms with Crippen LogP contribution in [0.5, 0.6) is 0 Å². The molecule has 1 saturated carbocycles. The molecule has 1 fully saturated rings. The lowest BCUT2D eigenvalue weighted by Gasteiger charge is -2.21. The molecule has 2 nitrogen and oxygen atoms in total. The number of thiophene rings is 1. The van der Waals surface area contributed by atoms with Crippen LogP contribution in [0.1, 0.15) is 37.8 Å². The Morgan fingerprint density at radius 3 is 2.93 bits per heavy atom. The van der Waals surface area contributed by atoms with Crippen LogP contribution in [-0.4, -0.2) is 0 Å². The Bertz CT molecular complexity index is 271. The molecule has 1 aliphatic rings. The van der Waals surface area contributed by atoms with Gasteiger partial charge in [0.15, 0.2) is 0 Å². The standard InChI is InChI=1S/C11H18N2S/c1-8-2-3-9(6-8)11(13-12)10-4-5-14-7-10/h4-5,7-9,11,13H,2-3,6,12H2,1H3. The highest BCUT2D eigenvalue weighted by Gasteiger charge is 2.29. The van der Waals surface area contributed by atoms with Gasteiger partial charge >= 0.3 is 0 Å². The number of hydrogen-bond acceptors (Lipinski definition) is 3. The van der Waals surface area contributed by atoms with Crippen LogP contribution in [0.3, 0.4) is 0 Å². The molecular formula is C11H18N2S. The molecular weight excluding hydrogens is 192 g/mol. The maximum Gasteiger partial charge on any atom is 0.0496 e. The van der Waals surface area contributed by atoms with Crippen molar-refractivity contribution in [2.75, 3.05) is 0 Å². The van der Waals surface area contributed by atoms with Crippen molar-refractivity contribution in [1.29, 1.82) is 0 Å². The highest BCUT2D eigenvalue weighted by molar-refractivity contribution is 7.07. The zero-order chi connectivity index (χ0) is 9.97. The number of hydrogen-bond donors (Lipinski definition) is 2. The van der Waals surface area contributed by atoms with Gasteiger partial charge in [-0.3, -0.25) is 11.3 Å². The third-order valence-corrected chi connectivity index (χ3v) is 3.99. The molecule has 1 aliphatic carbocycles. The van der Waals surface area contributed by atoms with E-state index in [1.165, 1.54) is 24.8 Å². The van der Waals surface area contributed by atoms with E-state index < -0.39 is 0 Å². The minimum atomic E-state index is 0.367. The summed E-state index contributed by atoms with van der Waals surface area (Å²) in [7, 11) is 0. The zero-order valence-corrected chi connectivity index (χ0v) is 9.39. The summed E-state index contributed by atoms with van der Waals surface area (Å²) in [5, 5.41) is 4.32. The predicted octanol–water partition coefficient (Wildman–Crippen LogP) is 2.69. The molecule has 0 spiro atoms. The molecule has 3 atom stereocenters. The highest BCUT2D eigenvalue weighted by atomic mass is 32.1. The van der Waals surface area contributed by atoms with E-state index in [1.807, 2.05) is 0 Å². The number of hydrazine groups is 1. The molecule has 3 unspecified atom stereocenters. The quantitative estimate of drug-likeness (QED) is 0.594. The predicted molar refractivity (Wildman–Crippen MR) is 60.9 cm³/mol. The summed E-state index contributed by atoms with van der Waals surface area (Å²) in [5.41, 5.74) is 4.33.